The van der Waals surface area contributed by atoms with Gasteiger partial charge in [-0.15, -0.1) is 0 Å². The number of likely N-dealkylation sites (tertiary alicyclic amines) is 1. The molecule has 3 fully saturated rings. The minimum atomic E-state index is -0.250. The summed E-state index contributed by atoms with van der Waals surface area (Å²) in [4.78, 5) is 23.7. The number of Topliss-reactive ketones (excluding diaryl/α,β-unsaturated/α-hetero) is 1. The molecule has 1 aromatic carbocycles. The molecule has 1 aliphatic carbocycles. The van der Waals surface area contributed by atoms with E-state index < -0.39 is 0 Å². The number of aromatic nitrogens is 2. The molecule has 2 aliphatic heterocycles. The van der Waals surface area contributed by atoms with Crippen LogP contribution in [0.1, 0.15) is 29.8 Å². The van der Waals surface area contributed by atoms with Crippen LogP contribution in [0.25, 0.3) is 10.9 Å². The SMILES string of the molecule is CN1C(C(=O)c2n[nH]c3ccc(OCC4CC4)cc23)[C@H]2C[C@H]1CN2.O=CO. The van der Waals surface area contributed by atoms with E-state index in [1.807, 2.05) is 25.2 Å². The summed E-state index contributed by atoms with van der Waals surface area (Å²) >= 11 is 0. The Kier molecular flexibility index (Phi) is 4.84. The predicted octanol–water partition coefficient (Wildman–Crippen LogP) is 1.28. The number of nitrogens with one attached hydrogen (secondary N) is 2. The third-order valence-electron chi connectivity index (χ3n) is 5.76. The monoisotopic (exact) mass is 372 g/mol. The van der Waals surface area contributed by atoms with Crippen LogP contribution in [0.2, 0.25) is 0 Å². The second kappa shape index (κ2) is 7.28. The molecule has 2 aromatic rings. The average molecular weight is 372 g/mol. The van der Waals surface area contributed by atoms with E-state index in [0.29, 0.717) is 17.7 Å². The van der Waals surface area contributed by atoms with Crippen molar-refractivity contribution in [3.8, 4) is 5.75 Å². The molecule has 1 aromatic heterocycles. The van der Waals surface area contributed by atoms with Crippen molar-refractivity contribution in [3.05, 3.63) is 23.9 Å². The van der Waals surface area contributed by atoms with Gasteiger partial charge in [-0.3, -0.25) is 19.6 Å². The third-order valence-corrected chi connectivity index (χ3v) is 5.76. The second-order valence-corrected chi connectivity index (χ2v) is 7.52. The molecule has 0 spiro atoms. The fraction of sp³-hybridized carbons (Fsp3) is 0.526. The summed E-state index contributed by atoms with van der Waals surface area (Å²) in [5.74, 6) is 1.63. The molecular formula is C19H24N4O4. The molecule has 8 nitrogen and oxygen atoms in total. The zero-order valence-corrected chi connectivity index (χ0v) is 15.2. The minimum absolute atomic E-state index is 0.0998. The molecule has 3 heterocycles. The lowest BCUT2D eigenvalue weighted by Gasteiger charge is -2.30. The van der Waals surface area contributed by atoms with Gasteiger partial charge in [-0.25, -0.2) is 0 Å². The van der Waals surface area contributed by atoms with E-state index in [4.69, 9.17) is 14.6 Å². The van der Waals surface area contributed by atoms with Gasteiger partial charge in [0.05, 0.1) is 18.2 Å². The lowest BCUT2D eigenvalue weighted by molar-refractivity contribution is -0.122. The van der Waals surface area contributed by atoms with Gasteiger partial charge >= 0.3 is 0 Å². The summed E-state index contributed by atoms with van der Waals surface area (Å²) < 4.78 is 5.86. The first kappa shape index (κ1) is 17.9. The summed E-state index contributed by atoms with van der Waals surface area (Å²) in [6.07, 6.45) is 3.58. The number of carboxylic acid groups (broad SMARTS) is 1. The quantitative estimate of drug-likeness (QED) is 0.536. The zero-order chi connectivity index (χ0) is 19.0. The molecule has 2 saturated heterocycles. The van der Waals surface area contributed by atoms with Gasteiger partial charge in [0.1, 0.15) is 11.4 Å². The van der Waals surface area contributed by atoms with Crippen LogP contribution in [-0.2, 0) is 4.79 Å². The van der Waals surface area contributed by atoms with Crippen molar-refractivity contribution in [2.45, 2.75) is 37.4 Å². The van der Waals surface area contributed by atoms with Crippen LogP contribution in [0, 0.1) is 5.92 Å². The number of aromatic amines is 1. The average Bonchev–Trinajstić information content (AvgIpc) is 3.08. The van der Waals surface area contributed by atoms with E-state index in [1.54, 1.807) is 0 Å². The number of nitrogens with zero attached hydrogens (tertiary/aromatic N) is 2. The van der Waals surface area contributed by atoms with Crippen molar-refractivity contribution in [2.75, 3.05) is 20.2 Å². The van der Waals surface area contributed by atoms with Crippen molar-refractivity contribution in [1.82, 2.24) is 20.4 Å². The molecule has 27 heavy (non-hydrogen) atoms. The highest BCUT2D eigenvalue weighted by molar-refractivity contribution is 6.09. The Hall–Kier alpha value is -2.45. The first-order valence-corrected chi connectivity index (χ1v) is 9.30. The van der Waals surface area contributed by atoms with E-state index in [-0.39, 0.29) is 24.3 Å². The van der Waals surface area contributed by atoms with Gasteiger partial charge < -0.3 is 15.2 Å². The zero-order valence-electron chi connectivity index (χ0n) is 15.2. The Bertz CT molecular complexity index is 845. The highest BCUT2D eigenvalue weighted by Gasteiger charge is 2.48. The number of hydrogen-bond acceptors (Lipinski definition) is 6. The Labute approximate surface area is 156 Å². The van der Waals surface area contributed by atoms with E-state index in [9.17, 15) is 4.79 Å². The Morgan fingerprint density at radius 2 is 2.22 bits per heavy atom. The van der Waals surface area contributed by atoms with E-state index >= 15 is 0 Å². The molecule has 5 rings (SSSR count). The van der Waals surface area contributed by atoms with Gasteiger partial charge in [-0.1, -0.05) is 0 Å². The first-order chi connectivity index (χ1) is 13.1. The summed E-state index contributed by atoms with van der Waals surface area (Å²) in [7, 11) is 2.05. The maximum atomic E-state index is 13.1. The van der Waals surface area contributed by atoms with Gasteiger partial charge in [0.2, 0.25) is 5.78 Å². The number of ketones is 1. The maximum Gasteiger partial charge on any atom is 0.290 e. The number of hydrogen-bond donors (Lipinski definition) is 3. The van der Waals surface area contributed by atoms with Crippen LogP contribution in [0.15, 0.2) is 18.2 Å². The molecule has 3 N–H and O–H groups in total. The minimum Gasteiger partial charge on any atom is -0.493 e. The number of likely N-dealkylation sites (N-methyl/N-ethyl adjacent to an activating group) is 1. The van der Waals surface area contributed by atoms with Gasteiger partial charge in [0, 0.05) is 24.0 Å². The van der Waals surface area contributed by atoms with Crippen LogP contribution in [0.3, 0.4) is 0 Å². The van der Waals surface area contributed by atoms with Crippen LogP contribution in [0.5, 0.6) is 5.75 Å². The topological polar surface area (TPSA) is 108 Å². The summed E-state index contributed by atoms with van der Waals surface area (Å²) in [6.45, 7) is 1.50. The van der Waals surface area contributed by atoms with E-state index in [0.717, 1.165) is 36.2 Å². The van der Waals surface area contributed by atoms with Crippen molar-refractivity contribution >= 4 is 23.2 Å². The van der Waals surface area contributed by atoms with Crippen molar-refractivity contribution in [2.24, 2.45) is 5.92 Å². The molecule has 1 unspecified atom stereocenters. The fourth-order valence-electron chi connectivity index (χ4n) is 4.09. The van der Waals surface area contributed by atoms with Crippen molar-refractivity contribution in [3.63, 3.8) is 0 Å². The number of fused-ring (bicyclic) bond motifs is 3. The highest BCUT2D eigenvalue weighted by Crippen LogP contribution is 2.33. The van der Waals surface area contributed by atoms with Crippen molar-refractivity contribution in [1.29, 1.82) is 0 Å². The van der Waals surface area contributed by atoms with Crippen molar-refractivity contribution < 1.29 is 19.4 Å². The molecule has 3 atom stereocenters. The highest BCUT2D eigenvalue weighted by atomic mass is 16.5. The second-order valence-electron chi connectivity index (χ2n) is 7.52. The smallest absolute Gasteiger partial charge is 0.290 e. The molecule has 144 valence electrons. The Balaban J connectivity index is 0.000000565. The standard InChI is InChI=1S/C18H22N4O2.CH2O2/c1-22-11-6-15(19-8-11)17(22)18(23)16-13-7-12(24-9-10-2-3-10)4-5-14(13)20-21-16;2-1-3/h4-5,7,10-11,15,17,19H,2-3,6,8-9H2,1H3,(H,20,21);1H,(H,2,3)/t11-,15+,17?;/m0./s1. The summed E-state index contributed by atoms with van der Waals surface area (Å²) in [6, 6.07) is 6.44. The molecule has 8 heteroatoms. The summed E-state index contributed by atoms with van der Waals surface area (Å²) in [5, 5.41) is 18.5. The van der Waals surface area contributed by atoms with E-state index in [2.05, 4.69) is 20.4 Å². The number of carbonyl (C=O) groups excluding carboxylic acids is 1. The molecule has 3 aliphatic rings. The van der Waals surface area contributed by atoms with Gasteiger partial charge in [0.15, 0.2) is 0 Å². The fourth-order valence-corrected chi connectivity index (χ4v) is 4.09. The maximum absolute atomic E-state index is 13.1. The van der Waals surface area contributed by atoms with Crippen LogP contribution < -0.4 is 10.1 Å². The van der Waals surface area contributed by atoms with Gasteiger partial charge in [0.25, 0.3) is 6.47 Å². The van der Waals surface area contributed by atoms with E-state index in [1.165, 1.54) is 12.8 Å². The number of H-pyrrole nitrogens is 1. The summed E-state index contributed by atoms with van der Waals surface area (Å²) in [5.41, 5.74) is 1.42. The lowest BCUT2D eigenvalue weighted by atomic mass is 10.0. The number of carbonyl (C=O) groups is 2. The number of ether oxygens (including phenoxy) is 1. The molecule has 2 bridgehead atoms. The van der Waals surface area contributed by atoms with Crippen LogP contribution in [-0.4, -0.2) is 70.8 Å². The number of piperazine rings is 1. The third kappa shape index (κ3) is 3.42. The molecule has 1 saturated carbocycles. The molecule has 0 radical (unpaired) electrons. The predicted molar refractivity (Wildman–Crippen MR) is 99.1 cm³/mol. The first-order valence-electron chi connectivity index (χ1n) is 9.30. The normalized spacial score (nSPS) is 26.6. The van der Waals surface area contributed by atoms with Gasteiger partial charge in [-0.2, -0.15) is 5.10 Å². The number of benzene rings is 1. The number of rotatable bonds is 5. The van der Waals surface area contributed by atoms with Crippen LogP contribution >= 0.6 is 0 Å². The lowest BCUT2D eigenvalue weighted by Crippen LogP contribution is -2.53. The molecular weight excluding hydrogens is 348 g/mol. The van der Waals surface area contributed by atoms with Gasteiger partial charge in [-0.05, 0) is 50.4 Å². The Morgan fingerprint density at radius 1 is 1.44 bits per heavy atom. The Morgan fingerprint density at radius 3 is 2.89 bits per heavy atom. The largest absolute Gasteiger partial charge is 0.493 e. The van der Waals surface area contributed by atoms with Crippen LogP contribution in [0.4, 0.5) is 0 Å². The molecule has 0 amide bonds.